The molecular weight excluding hydrogens is 172 g/mol. The van der Waals surface area contributed by atoms with Crippen LogP contribution in [0.15, 0.2) is 0 Å². The summed E-state index contributed by atoms with van der Waals surface area (Å²) in [6, 6.07) is 0. The first-order chi connectivity index (χ1) is 5.06. The van der Waals surface area contributed by atoms with Crippen LogP contribution in [0.25, 0.3) is 0 Å². The molecule has 5 heteroatoms. The number of esters is 2. The van der Waals surface area contributed by atoms with Gasteiger partial charge in [0.1, 0.15) is 6.42 Å². The number of hydrogen-bond acceptors (Lipinski definition) is 4. The maximum Gasteiger partial charge on any atom is 0.320 e. The van der Waals surface area contributed by atoms with Crippen molar-refractivity contribution in [1.29, 1.82) is 0 Å². The smallest absolute Gasteiger partial charge is 0.320 e. The molecule has 0 aromatic carbocycles. The number of alkyl halides is 1. The summed E-state index contributed by atoms with van der Waals surface area (Å²) in [6.07, 6.45) is -0.327. The third-order valence-corrected chi connectivity index (χ3v) is 1.68. The summed E-state index contributed by atoms with van der Waals surface area (Å²) < 4.78 is 9.36. The molecule has 62 valence electrons. The molecule has 1 aliphatic rings. The molecule has 0 atom stereocenters. The van der Waals surface area contributed by atoms with Crippen molar-refractivity contribution >= 4 is 23.5 Å². The van der Waals surface area contributed by atoms with Gasteiger partial charge in [0.2, 0.25) is 0 Å². The van der Waals surface area contributed by atoms with Crippen LogP contribution in [0.3, 0.4) is 0 Å². The van der Waals surface area contributed by atoms with E-state index < -0.39 is 17.7 Å². The second-order valence-electron chi connectivity index (χ2n) is 2.39. The van der Waals surface area contributed by atoms with Crippen LogP contribution < -0.4 is 0 Å². The molecule has 1 heterocycles. The number of ether oxygens (including phenoxy) is 2. The number of carbonyl (C=O) groups excluding carboxylic acids is 2. The number of halogens is 1. The Balaban J connectivity index is 2.70. The molecule has 0 bridgehead atoms. The minimum Gasteiger partial charge on any atom is -0.421 e. The summed E-state index contributed by atoms with van der Waals surface area (Å²) in [5.74, 6) is -2.51. The molecule has 0 unspecified atom stereocenters. The van der Waals surface area contributed by atoms with Crippen molar-refractivity contribution in [3.63, 3.8) is 0 Å². The van der Waals surface area contributed by atoms with E-state index in [0.717, 1.165) is 0 Å². The molecule has 1 saturated heterocycles. The quantitative estimate of drug-likeness (QED) is 0.332. The maximum atomic E-state index is 10.7. The summed E-state index contributed by atoms with van der Waals surface area (Å²) in [6.45, 7) is 1.44. The van der Waals surface area contributed by atoms with Gasteiger partial charge in [-0.2, -0.15) is 0 Å². The zero-order valence-electron chi connectivity index (χ0n) is 5.93. The topological polar surface area (TPSA) is 52.6 Å². The molecule has 4 nitrogen and oxygen atoms in total. The van der Waals surface area contributed by atoms with E-state index in [1.807, 2.05) is 0 Å². The highest BCUT2D eigenvalue weighted by atomic mass is 35.5. The lowest BCUT2D eigenvalue weighted by Crippen LogP contribution is -2.44. The normalized spacial score (nSPS) is 22.4. The number of hydrogen-bond donors (Lipinski definition) is 0. The predicted octanol–water partition coefficient (Wildman–Crippen LogP) is 0.431. The van der Waals surface area contributed by atoms with Crippen LogP contribution in [0, 0.1) is 0 Å². The standard InChI is InChI=1S/C6H7ClO4/c1-6(3-7)10-4(8)2-5(9)11-6/h2-3H2,1H3. The Labute approximate surface area is 68.4 Å². The van der Waals surface area contributed by atoms with Crippen molar-refractivity contribution in [3.8, 4) is 0 Å². The van der Waals surface area contributed by atoms with Crippen LogP contribution in [0.1, 0.15) is 13.3 Å². The Hall–Kier alpha value is -0.770. The molecule has 0 aliphatic carbocycles. The van der Waals surface area contributed by atoms with E-state index in [-0.39, 0.29) is 12.3 Å². The van der Waals surface area contributed by atoms with Gasteiger partial charge in [-0.1, -0.05) is 0 Å². The van der Waals surface area contributed by atoms with Crippen LogP contribution in [-0.2, 0) is 19.1 Å². The largest absolute Gasteiger partial charge is 0.421 e. The van der Waals surface area contributed by atoms with Crippen LogP contribution >= 0.6 is 11.6 Å². The van der Waals surface area contributed by atoms with Gasteiger partial charge < -0.3 is 9.47 Å². The van der Waals surface area contributed by atoms with Crippen molar-refractivity contribution in [2.45, 2.75) is 19.1 Å². The van der Waals surface area contributed by atoms with E-state index in [1.165, 1.54) is 6.92 Å². The second-order valence-corrected chi connectivity index (χ2v) is 2.66. The minimum atomic E-state index is -1.27. The van der Waals surface area contributed by atoms with Gasteiger partial charge in [-0.25, -0.2) is 0 Å². The fourth-order valence-electron chi connectivity index (χ4n) is 0.747. The third kappa shape index (κ3) is 1.83. The Bertz CT molecular complexity index is 185. The average molecular weight is 179 g/mol. The fraction of sp³-hybridized carbons (Fsp3) is 0.667. The predicted molar refractivity (Wildman–Crippen MR) is 35.9 cm³/mol. The Morgan fingerprint density at radius 2 is 1.91 bits per heavy atom. The lowest BCUT2D eigenvalue weighted by Gasteiger charge is -2.30. The molecule has 0 N–H and O–H groups in total. The van der Waals surface area contributed by atoms with Gasteiger partial charge >= 0.3 is 11.9 Å². The van der Waals surface area contributed by atoms with E-state index in [2.05, 4.69) is 9.47 Å². The van der Waals surface area contributed by atoms with E-state index >= 15 is 0 Å². The zero-order valence-corrected chi connectivity index (χ0v) is 6.68. The van der Waals surface area contributed by atoms with E-state index in [9.17, 15) is 9.59 Å². The molecule has 1 aliphatic heterocycles. The maximum absolute atomic E-state index is 10.7. The highest BCUT2D eigenvalue weighted by molar-refractivity contribution is 6.18. The van der Waals surface area contributed by atoms with Crippen molar-refractivity contribution in [3.05, 3.63) is 0 Å². The van der Waals surface area contributed by atoms with Gasteiger partial charge in [0.25, 0.3) is 5.79 Å². The highest BCUT2D eigenvalue weighted by Crippen LogP contribution is 2.20. The zero-order chi connectivity index (χ0) is 8.48. The van der Waals surface area contributed by atoms with Gasteiger partial charge in [0.15, 0.2) is 0 Å². The van der Waals surface area contributed by atoms with Gasteiger partial charge in [-0.15, -0.1) is 11.6 Å². The summed E-state index contributed by atoms with van der Waals surface area (Å²) >= 11 is 5.40. The molecule has 1 rings (SSSR count). The van der Waals surface area contributed by atoms with Crippen molar-refractivity contribution in [2.24, 2.45) is 0 Å². The van der Waals surface area contributed by atoms with Crippen molar-refractivity contribution in [1.82, 2.24) is 0 Å². The summed E-state index contributed by atoms with van der Waals surface area (Å²) in [5.41, 5.74) is 0. The van der Waals surface area contributed by atoms with E-state index in [0.29, 0.717) is 0 Å². The first-order valence-electron chi connectivity index (χ1n) is 3.05. The monoisotopic (exact) mass is 178 g/mol. The molecule has 0 amide bonds. The molecular formula is C6H7ClO4. The second kappa shape index (κ2) is 2.70. The summed E-state index contributed by atoms with van der Waals surface area (Å²) in [7, 11) is 0. The fourth-order valence-corrected chi connectivity index (χ4v) is 0.856. The first-order valence-corrected chi connectivity index (χ1v) is 3.59. The highest BCUT2D eigenvalue weighted by Gasteiger charge is 2.38. The Kier molecular flexibility index (Phi) is 2.04. The molecule has 11 heavy (non-hydrogen) atoms. The first kappa shape index (κ1) is 8.33. The van der Waals surface area contributed by atoms with Crippen LogP contribution in [0.4, 0.5) is 0 Å². The van der Waals surface area contributed by atoms with E-state index in [1.54, 1.807) is 0 Å². The molecule has 1 fully saturated rings. The van der Waals surface area contributed by atoms with Crippen LogP contribution in [0.2, 0.25) is 0 Å². The third-order valence-electron chi connectivity index (χ3n) is 1.19. The van der Waals surface area contributed by atoms with Gasteiger partial charge in [0, 0.05) is 6.92 Å². The molecule has 0 aromatic heterocycles. The lowest BCUT2D eigenvalue weighted by atomic mass is 10.3. The number of rotatable bonds is 1. The Morgan fingerprint density at radius 3 is 2.27 bits per heavy atom. The number of cyclic esters (lactones) is 2. The van der Waals surface area contributed by atoms with Crippen molar-refractivity contribution in [2.75, 3.05) is 5.88 Å². The summed E-state index contributed by atoms with van der Waals surface area (Å²) in [4.78, 5) is 21.3. The van der Waals surface area contributed by atoms with Gasteiger partial charge in [0.05, 0.1) is 5.88 Å². The van der Waals surface area contributed by atoms with Gasteiger partial charge in [-0.3, -0.25) is 9.59 Å². The SMILES string of the molecule is CC1(CCl)OC(=O)CC(=O)O1. The number of carbonyl (C=O) groups is 2. The molecule has 0 spiro atoms. The van der Waals surface area contributed by atoms with Crippen LogP contribution in [0.5, 0.6) is 0 Å². The Morgan fingerprint density at radius 1 is 1.45 bits per heavy atom. The molecule has 0 radical (unpaired) electrons. The van der Waals surface area contributed by atoms with Crippen LogP contribution in [-0.4, -0.2) is 23.6 Å². The molecule has 0 aromatic rings. The lowest BCUT2D eigenvalue weighted by molar-refractivity contribution is -0.230. The minimum absolute atomic E-state index is 0.0511. The molecule has 0 saturated carbocycles. The van der Waals surface area contributed by atoms with E-state index in [4.69, 9.17) is 11.6 Å². The summed E-state index contributed by atoms with van der Waals surface area (Å²) in [5, 5.41) is 0. The van der Waals surface area contributed by atoms with Crippen molar-refractivity contribution < 1.29 is 19.1 Å². The van der Waals surface area contributed by atoms with Gasteiger partial charge in [-0.05, 0) is 0 Å². The average Bonchev–Trinajstić information content (AvgIpc) is 1.84.